The van der Waals surface area contributed by atoms with E-state index >= 15 is 0 Å². The molecule has 1 aliphatic heterocycles. The molecule has 1 aromatic rings. The van der Waals surface area contributed by atoms with Crippen LogP contribution in [0, 0.1) is 0 Å². The summed E-state index contributed by atoms with van der Waals surface area (Å²) in [5.41, 5.74) is 0.533. The summed E-state index contributed by atoms with van der Waals surface area (Å²) >= 11 is 2.84. The Balaban J connectivity index is 1.64. The summed E-state index contributed by atoms with van der Waals surface area (Å²) in [7, 11) is 0. The summed E-state index contributed by atoms with van der Waals surface area (Å²) in [5, 5.41) is 2.79. The van der Waals surface area contributed by atoms with Gasteiger partial charge in [0.05, 0.1) is 0 Å². The van der Waals surface area contributed by atoms with Gasteiger partial charge in [0.15, 0.2) is 0 Å². The molecule has 0 bridgehead atoms. The minimum absolute atomic E-state index is 0.193. The van der Waals surface area contributed by atoms with Gasteiger partial charge in [-0.1, -0.05) is 0 Å². The number of benzene rings is 1. The van der Waals surface area contributed by atoms with Crippen LogP contribution in [0.2, 0.25) is 0 Å². The quantitative estimate of drug-likeness (QED) is 0.503. The van der Waals surface area contributed by atoms with Crippen LogP contribution in [-0.2, 0) is 0 Å². The van der Waals surface area contributed by atoms with Gasteiger partial charge in [-0.05, 0) is 0 Å². The molecule has 1 N–H and O–H groups in total. The predicted octanol–water partition coefficient (Wildman–Crippen LogP) is 2.00. The molecule has 0 atom stereocenters. The number of nitrogens with zero attached hydrogens (tertiary/aromatic N) is 1. The summed E-state index contributed by atoms with van der Waals surface area (Å²) in [6.45, 7) is 0.205. The zero-order chi connectivity index (χ0) is 14.7. The van der Waals surface area contributed by atoms with Crippen molar-refractivity contribution in [1.29, 1.82) is 0 Å². The van der Waals surface area contributed by atoms with Crippen molar-refractivity contribution in [2.75, 3.05) is 6.79 Å². The molecular weight excluding hydrogens is 335 g/mol. The van der Waals surface area contributed by atoms with Crippen LogP contribution in [0.5, 0.6) is 11.5 Å². The molecule has 1 radical (unpaired) electrons. The second-order valence-corrected chi connectivity index (χ2v) is 6.06. The molecule has 6 heteroatoms. The molecule has 0 spiro atoms. The first kappa shape index (κ1) is 14.4. The summed E-state index contributed by atoms with van der Waals surface area (Å²) in [6, 6.07) is 5.48. The van der Waals surface area contributed by atoms with Crippen LogP contribution < -0.4 is 14.8 Å². The Labute approximate surface area is 131 Å². The molecule has 3 rings (SSSR count). The fourth-order valence-electron chi connectivity index (χ4n) is 2.62. The summed E-state index contributed by atoms with van der Waals surface area (Å²) < 4.78 is 11.1. The first-order valence-corrected chi connectivity index (χ1v) is 8.04. The zero-order valence-electron chi connectivity index (χ0n) is 11.6. The van der Waals surface area contributed by atoms with Crippen LogP contribution in [0.1, 0.15) is 42.5 Å². The molecule has 21 heavy (non-hydrogen) atoms. The number of carbonyl (C=O) groups is 1. The average molecular weight is 352 g/mol. The second-order valence-electron chi connectivity index (χ2n) is 5.25. The molecule has 111 valence electrons. The monoisotopic (exact) mass is 353 g/mol. The van der Waals surface area contributed by atoms with Crippen LogP contribution in [-0.4, -0.2) is 39.5 Å². The van der Waals surface area contributed by atoms with E-state index in [0.29, 0.717) is 27.8 Å². The van der Waals surface area contributed by atoms with E-state index in [2.05, 4.69) is 26.3 Å². The number of amidine groups is 1. The third kappa shape index (κ3) is 3.57. The Hall–Kier alpha value is -1.52. The SMILES string of the molecule is O=C(NC([Se])=NC1CCCCC1)c1ccc2c(c1)OCO2. The van der Waals surface area contributed by atoms with Crippen LogP contribution >= 0.6 is 0 Å². The number of carbonyl (C=O) groups excluding carboxylic acids is 1. The standard InChI is InChI=1S/C15H17N2O3Se/c18-14(10-6-7-12-13(8-10)20-9-19-12)17-15(21)16-11-4-2-1-3-5-11/h6-8,11H,1-5,9H2,(H,16,17,18). The van der Waals surface area contributed by atoms with E-state index < -0.39 is 0 Å². The molecule has 1 aromatic carbocycles. The maximum atomic E-state index is 12.2. The Morgan fingerprint density at radius 1 is 1.19 bits per heavy atom. The molecule has 2 aliphatic rings. The van der Waals surface area contributed by atoms with Crippen molar-refractivity contribution in [1.82, 2.24) is 5.32 Å². The van der Waals surface area contributed by atoms with Crippen molar-refractivity contribution in [3.05, 3.63) is 23.8 Å². The topological polar surface area (TPSA) is 59.9 Å². The number of aliphatic imine (C=N–C) groups is 1. The van der Waals surface area contributed by atoms with Crippen molar-refractivity contribution >= 4 is 26.7 Å². The number of ether oxygens (including phenoxy) is 2. The molecule has 1 fully saturated rings. The Kier molecular flexibility index (Phi) is 4.46. The van der Waals surface area contributed by atoms with Gasteiger partial charge in [-0.25, -0.2) is 0 Å². The second kappa shape index (κ2) is 6.50. The number of rotatable bonds is 2. The molecule has 1 amide bonds. The average Bonchev–Trinajstić information content (AvgIpc) is 2.95. The van der Waals surface area contributed by atoms with Gasteiger partial charge in [0.25, 0.3) is 0 Å². The van der Waals surface area contributed by atoms with Gasteiger partial charge in [0, 0.05) is 0 Å². The van der Waals surface area contributed by atoms with Gasteiger partial charge in [-0.2, -0.15) is 0 Å². The fourth-order valence-corrected chi connectivity index (χ4v) is 3.12. The van der Waals surface area contributed by atoms with Crippen LogP contribution in [0.3, 0.4) is 0 Å². The Bertz CT molecular complexity index is 568. The van der Waals surface area contributed by atoms with Gasteiger partial charge in [-0.15, -0.1) is 0 Å². The summed E-state index contributed by atoms with van der Waals surface area (Å²) in [5.74, 6) is 1.08. The van der Waals surface area contributed by atoms with Gasteiger partial charge >= 0.3 is 131 Å². The third-order valence-electron chi connectivity index (χ3n) is 3.73. The predicted molar refractivity (Wildman–Crippen MR) is 80.1 cm³/mol. The van der Waals surface area contributed by atoms with Crippen molar-refractivity contribution in [3.63, 3.8) is 0 Å². The van der Waals surface area contributed by atoms with Crippen molar-refractivity contribution in [3.8, 4) is 11.5 Å². The fraction of sp³-hybridized carbons (Fsp3) is 0.467. The van der Waals surface area contributed by atoms with E-state index in [-0.39, 0.29) is 12.7 Å². The zero-order valence-corrected chi connectivity index (χ0v) is 13.3. The van der Waals surface area contributed by atoms with E-state index in [0.717, 1.165) is 12.8 Å². The summed E-state index contributed by atoms with van der Waals surface area (Å²) in [4.78, 5) is 16.7. The van der Waals surface area contributed by atoms with E-state index in [9.17, 15) is 4.79 Å². The molecule has 0 aromatic heterocycles. The minimum atomic E-state index is -0.193. The first-order chi connectivity index (χ1) is 10.2. The van der Waals surface area contributed by atoms with Crippen molar-refractivity contribution < 1.29 is 14.3 Å². The van der Waals surface area contributed by atoms with Crippen LogP contribution in [0.25, 0.3) is 0 Å². The Morgan fingerprint density at radius 3 is 2.76 bits per heavy atom. The van der Waals surface area contributed by atoms with Gasteiger partial charge in [0.1, 0.15) is 0 Å². The third-order valence-corrected chi connectivity index (χ3v) is 4.17. The maximum absolute atomic E-state index is 12.2. The number of hydrogen-bond donors (Lipinski definition) is 1. The van der Waals surface area contributed by atoms with Gasteiger partial charge in [0.2, 0.25) is 0 Å². The van der Waals surface area contributed by atoms with Crippen molar-refractivity contribution in [2.45, 2.75) is 38.1 Å². The number of nitrogens with one attached hydrogen (secondary N) is 1. The normalized spacial score (nSPS) is 18.6. The van der Waals surface area contributed by atoms with Gasteiger partial charge in [-0.3, -0.25) is 0 Å². The van der Waals surface area contributed by atoms with E-state index in [1.54, 1.807) is 18.2 Å². The molecule has 0 unspecified atom stereocenters. The number of amides is 1. The van der Waals surface area contributed by atoms with E-state index in [1.807, 2.05) is 0 Å². The molecule has 1 aliphatic carbocycles. The molecule has 5 nitrogen and oxygen atoms in total. The van der Waals surface area contributed by atoms with Gasteiger partial charge < -0.3 is 0 Å². The Morgan fingerprint density at radius 2 is 1.95 bits per heavy atom. The van der Waals surface area contributed by atoms with Crippen LogP contribution in [0.15, 0.2) is 23.2 Å². The summed E-state index contributed by atoms with van der Waals surface area (Å²) in [6.07, 6.45) is 5.93. The molecular formula is C15H17N2O3Se. The van der Waals surface area contributed by atoms with E-state index in [1.165, 1.54) is 19.3 Å². The first-order valence-electron chi connectivity index (χ1n) is 7.18. The van der Waals surface area contributed by atoms with Crippen molar-refractivity contribution in [2.24, 2.45) is 4.99 Å². The van der Waals surface area contributed by atoms with E-state index in [4.69, 9.17) is 9.47 Å². The molecule has 1 heterocycles. The van der Waals surface area contributed by atoms with Crippen LogP contribution in [0.4, 0.5) is 0 Å². The number of fused-ring (bicyclic) bond motifs is 1. The molecule has 1 saturated carbocycles. The number of hydrogen-bond acceptors (Lipinski definition) is 4. The molecule has 0 saturated heterocycles.